The van der Waals surface area contributed by atoms with Crippen molar-refractivity contribution in [1.29, 1.82) is 0 Å². The molecule has 2 fully saturated rings. The maximum absolute atomic E-state index is 13.1. The standard InChI is InChI=1S/C19H27N5O/c1-11(2)24-18-13(10-20-24)7-17(12(3)21-18)19(25)23(4)16-8-14-5-6-15(9-16)22-14/h7,10-11,14-16,22H,5-6,8-9H2,1-4H3. The Bertz CT molecular complexity index is 799. The van der Waals surface area contributed by atoms with Crippen molar-refractivity contribution in [3.63, 3.8) is 0 Å². The Morgan fingerprint density at radius 2 is 2.00 bits per heavy atom. The van der Waals surface area contributed by atoms with Crippen LogP contribution in [0.2, 0.25) is 0 Å². The first-order valence-electron chi connectivity index (χ1n) is 9.32. The SMILES string of the molecule is Cc1nc2c(cnn2C(C)C)cc1C(=O)N(C)C1CC2CCC(C1)N2. The predicted octanol–water partition coefficient (Wildman–Crippen LogP) is 2.68. The van der Waals surface area contributed by atoms with Gasteiger partial charge in [-0.3, -0.25) is 4.79 Å². The molecule has 2 bridgehead atoms. The lowest BCUT2D eigenvalue weighted by Gasteiger charge is -2.35. The molecule has 0 saturated carbocycles. The number of aryl methyl sites for hydroxylation is 1. The van der Waals surface area contributed by atoms with Gasteiger partial charge < -0.3 is 10.2 Å². The lowest BCUT2D eigenvalue weighted by molar-refractivity contribution is 0.0680. The smallest absolute Gasteiger partial charge is 0.255 e. The van der Waals surface area contributed by atoms with E-state index in [1.807, 2.05) is 35.8 Å². The van der Waals surface area contributed by atoms with Crippen molar-refractivity contribution < 1.29 is 4.79 Å². The van der Waals surface area contributed by atoms with Crippen molar-refractivity contribution in [2.75, 3.05) is 7.05 Å². The highest BCUT2D eigenvalue weighted by Crippen LogP contribution is 2.30. The van der Waals surface area contributed by atoms with Crippen LogP contribution in [0.1, 0.15) is 61.6 Å². The van der Waals surface area contributed by atoms with Gasteiger partial charge in [-0.25, -0.2) is 9.67 Å². The fourth-order valence-corrected chi connectivity index (χ4v) is 4.36. The van der Waals surface area contributed by atoms with Gasteiger partial charge in [-0.2, -0.15) is 5.10 Å². The Labute approximate surface area is 148 Å². The summed E-state index contributed by atoms with van der Waals surface area (Å²) in [6, 6.07) is 3.67. The Hall–Kier alpha value is -1.95. The van der Waals surface area contributed by atoms with Crippen LogP contribution in [0.5, 0.6) is 0 Å². The third-order valence-electron chi connectivity index (χ3n) is 5.80. The van der Waals surface area contributed by atoms with Gasteiger partial charge in [0.05, 0.1) is 17.5 Å². The number of nitrogens with zero attached hydrogens (tertiary/aromatic N) is 4. The van der Waals surface area contributed by atoms with E-state index in [1.165, 1.54) is 12.8 Å². The zero-order chi connectivity index (χ0) is 17.7. The second-order valence-corrected chi connectivity index (χ2v) is 7.90. The Kier molecular flexibility index (Phi) is 4.02. The molecule has 4 heterocycles. The fourth-order valence-electron chi connectivity index (χ4n) is 4.36. The molecule has 4 rings (SSSR count). The monoisotopic (exact) mass is 341 g/mol. The van der Waals surface area contributed by atoms with E-state index in [0.29, 0.717) is 23.7 Å². The number of nitrogens with one attached hydrogen (secondary N) is 1. The molecule has 6 heteroatoms. The van der Waals surface area contributed by atoms with Crippen LogP contribution in [0.3, 0.4) is 0 Å². The minimum absolute atomic E-state index is 0.0792. The zero-order valence-electron chi connectivity index (χ0n) is 15.5. The highest BCUT2D eigenvalue weighted by atomic mass is 16.2. The molecule has 2 aliphatic heterocycles. The van der Waals surface area contributed by atoms with Crippen LogP contribution in [0.15, 0.2) is 12.3 Å². The van der Waals surface area contributed by atoms with E-state index in [9.17, 15) is 4.79 Å². The summed E-state index contributed by atoms with van der Waals surface area (Å²) in [6.45, 7) is 6.09. The maximum Gasteiger partial charge on any atom is 0.255 e. The van der Waals surface area contributed by atoms with Gasteiger partial charge in [-0.15, -0.1) is 0 Å². The normalized spacial score (nSPS) is 25.7. The molecular formula is C19H27N5O. The van der Waals surface area contributed by atoms with Gasteiger partial charge in [0.25, 0.3) is 5.91 Å². The second kappa shape index (κ2) is 6.09. The first kappa shape index (κ1) is 16.5. The van der Waals surface area contributed by atoms with Crippen LogP contribution in [0.25, 0.3) is 11.0 Å². The summed E-state index contributed by atoms with van der Waals surface area (Å²) in [7, 11) is 1.94. The zero-order valence-corrected chi connectivity index (χ0v) is 15.5. The summed E-state index contributed by atoms with van der Waals surface area (Å²) in [4.78, 5) is 19.7. The number of pyridine rings is 1. The molecule has 0 radical (unpaired) electrons. The summed E-state index contributed by atoms with van der Waals surface area (Å²) in [5, 5.41) is 8.99. The van der Waals surface area contributed by atoms with Crippen LogP contribution < -0.4 is 5.32 Å². The predicted molar refractivity (Wildman–Crippen MR) is 97.7 cm³/mol. The third kappa shape index (κ3) is 2.82. The van der Waals surface area contributed by atoms with Crippen LogP contribution in [0, 0.1) is 6.92 Å². The summed E-state index contributed by atoms with van der Waals surface area (Å²) in [5.41, 5.74) is 2.33. The molecule has 2 aromatic rings. The van der Waals surface area contributed by atoms with E-state index in [-0.39, 0.29) is 11.9 Å². The van der Waals surface area contributed by atoms with Crippen LogP contribution in [0.4, 0.5) is 0 Å². The Balaban J connectivity index is 1.62. The van der Waals surface area contributed by atoms with Gasteiger partial charge in [-0.05, 0) is 52.5 Å². The first-order valence-corrected chi connectivity index (χ1v) is 9.32. The van der Waals surface area contributed by atoms with Gasteiger partial charge in [0.1, 0.15) is 0 Å². The minimum atomic E-state index is 0.0792. The van der Waals surface area contributed by atoms with Crippen molar-refractivity contribution in [2.24, 2.45) is 0 Å². The minimum Gasteiger partial charge on any atom is -0.339 e. The highest BCUT2D eigenvalue weighted by molar-refractivity contribution is 5.98. The van der Waals surface area contributed by atoms with Gasteiger partial charge in [-0.1, -0.05) is 0 Å². The summed E-state index contributed by atoms with van der Waals surface area (Å²) < 4.78 is 1.91. The van der Waals surface area contributed by atoms with Crippen LogP contribution in [-0.4, -0.2) is 50.7 Å². The lowest BCUT2D eigenvalue weighted by atomic mass is 9.97. The first-order chi connectivity index (χ1) is 11.9. The molecule has 2 aromatic heterocycles. The van der Waals surface area contributed by atoms with Gasteiger partial charge in [0, 0.05) is 36.6 Å². The third-order valence-corrected chi connectivity index (χ3v) is 5.80. The number of piperidine rings is 1. The molecule has 0 aliphatic carbocycles. The topological polar surface area (TPSA) is 63.1 Å². The molecule has 0 spiro atoms. The summed E-state index contributed by atoms with van der Waals surface area (Å²) in [5.74, 6) is 0.0792. The van der Waals surface area contributed by atoms with Gasteiger partial charge in [0.15, 0.2) is 5.65 Å². The Morgan fingerprint density at radius 1 is 1.32 bits per heavy atom. The molecule has 2 atom stereocenters. The molecule has 0 aromatic carbocycles. The molecule has 2 unspecified atom stereocenters. The van der Waals surface area contributed by atoms with Crippen molar-refractivity contribution in [3.8, 4) is 0 Å². The average molecular weight is 341 g/mol. The number of hydrogen-bond acceptors (Lipinski definition) is 4. The molecule has 2 aliphatic rings. The average Bonchev–Trinajstić information content (AvgIpc) is 3.15. The van der Waals surface area contributed by atoms with E-state index in [2.05, 4.69) is 29.2 Å². The van der Waals surface area contributed by atoms with E-state index in [0.717, 1.165) is 29.6 Å². The summed E-state index contributed by atoms with van der Waals surface area (Å²) in [6.07, 6.45) is 6.40. The largest absolute Gasteiger partial charge is 0.339 e. The quantitative estimate of drug-likeness (QED) is 0.932. The maximum atomic E-state index is 13.1. The number of rotatable bonds is 3. The van der Waals surface area contributed by atoms with E-state index >= 15 is 0 Å². The lowest BCUT2D eigenvalue weighted by Crippen LogP contribution is -2.48. The van der Waals surface area contributed by atoms with Crippen molar-refractivity contribution in [3.05, 3.63) is 23.5 Å². The molecule has 1 amide bonds. The van der Waals surface area contributed by atoms with E-state index < -0.39 is 0 Å². The van der Waals surface area contributed by atoms with Crippen LogP contribution in [-0.2, 0) is 0 Å². The van der Waals surface area contributed by atoms with Gasteiger partial charge >= 0.3 is 0 Å². The number of hydrogen-bond donors (Lipinski definition) is 1. The van der Waals surface area contributed by atoms with Gasteiger partial charge in [0.2, 0.25) is 0 Å². The van der Waals surface area contributed by atoms with E-state index in [1.54, 1.807) is 0 Å². The number of carbonyl (C=O) groups is 1. The number of carbonyl (C=O) groups excluding carboxylic acids is 1. The van der Waals surface area contributed by atoms with Crippen LogP contribution >= 0.6 is 0 Å². The number of fused-ring (bicyclic) bond motifs is 3. The Morgan fingerprint density at radius 3 is 2.64 bits per heavy atom. The van der Waals surface area contributed by atoms with Crippen molar-refractivity contribution >= 4 is 16.9 Å². The summed E-state index contributed by atoms with van der Waals surface area (Å²) >= 11 is 0. The molecule has 1 N–H and O–H groups in total. The second-order valence-electron chi connectivity index (χ2n) is 7.90. The number of amides is 1. The van der Waals surface area contributed by atoms with Crippen molar-refractivity contribution in [2.45, 2.75) is 70.6 Å². The molecular weight excluding hydrogens is 314 g/mol. The van der Waals surface area contributed by atoms with Crippen molar-refractivity contribution in [1.82, 2.24) is 25.0 Å². The fraction of sp³-hybridized carbons (Fsp3) is 0.632. The number of aromatic nitrogens is 3. The molecule has 2 saturated heterocycles. The highest BCUT2D eigenvalue weighted by Gasteiger charge is 2.36. The van der Waals surface area contributed by atoms with E-state index in [4.69, 9.17) is 0 Å². The molecule has 134 valence electrons. The molecule has 6 nitrogen and oxygen atoms in total. The molecule has 25 heavy (non-hydrogen) atoms.